The van der Waals surface area contributed by atoms with E-state index in [0.717, 1.165) is 33.4 Å². The highest BCUT2D eigenvalue weighted by Crippen LogP contribution is 2.32. The van der Waals surface area contributed by atoms with Gasteiger partial charge in [-0.3, -0.25) is 4.79 Å². The van der Waals surface area contributed by atoms with Gasteiger partial charge in [0.1, 0.15) is 5.75 Å². The van der Waals surface area contributed by atoms with E-state index in [2.05, 4.69) is 15.0 Å². The molecule has 9 heteroatoms. The molecule has 1 aromatic heterocycles. The van der Waals surface area contributed by atoms with E-state index in [4.69, 9.17) is 0 Å². The molecule has 2 heterocycles. The first-order valence-electron chi connectivity index (χ1n) is 7.56. The Morgan fingerprint density at radius 3 is 2.72 bits per heavy atom. The molecule has 1 aliphatic rings. The zero-order valence-electron chi connectivity index (χ0n) is 13.3. The predicted octanol–water partition coefficient (Wildman–Crippen LogP) is 4.51. The zero-order valence-corrected chi connectivity index (χ0v) is 15.8. The average molecular weight is 403 g/mol. The van der Waals surface area contributed by atoms with Gasteiger partial charge in [-0.2, -0.15) is 20.5 Å². The van der Waals surface area contributed by atoms with Crippen LogP contribution in [-0.2, 0) is 4.79 Å². The van der Waals surface area contributed by atoms with Gasteiger partial charge in [0, 0.05) is 27.7 Å². The van der Waals surface area contributed by atoms with E-state index >= 15 is 0 Å². The van der Waals surface area contributed by atoms with Gasteiger partial charge in [0.25, 0.3) is 0 Å². The molecule has 0 aliphatic carbocycles. The fourth-order valence-electron chi connectivity index (χ4n) is 2.34. The first-order valence-corrected chi connectivity index (χ1v) is 10.6. The van der Waals surface area contributed by atoms with E-state index in [1.165, 1.54) is 23.5 Å². The highest BCUT2D eigenvalue weighted by molar-refractivity contribution is 8.07. The molecule has 25 heavy (non-hydrogen) atoms. The summed E-state index contributed by atoms with van der Waals surface area (Å²) in [5.74, 6) is 2.97. The van der Waals surface area contributed by atoms with Gasteiger partial charge in [0.15, 0.2) is 5.13 Å². The van der Waals surface area contributed by atoms with E-state index in [0.29, 0.717) is 5.13 Å². The second-order valence-electron chi connectivity index (χ2n) is 5.25. The quantitative estimate of drug-likeness (QED) is 0.798. The number of rotatable bonds is 5. The topological polar surface area (TPSA) is 51.2 Å². The molecule has 134 valence electrons. The fourth-order valence-corrected chi connectivity index (χ4v) is 5.73. The summed E-state index contributed by atoms with van der Waals surface area (Å²) in [5.41, 5.74) is 1.52. The lowest BCUT2D eigenvalue weighted by Gasteiger charge is -2.19. The Kier molecular flexibility index (Phi) is 6.19. The number of hydrogen-bond acceptors (Lipinski definition) is 6. The van der Waals surface area contributed by atoms with Crippen LogP contribution in [0.25, 0.3) is 11.3 Å². The van der Waals surface area contributed by atoms with Crippen molar-refractivity contribution in [3.8, 4) is 17.0 Å². The maximum Gasteiger partial charge on any atom is 0.387 e. The Morgan fingerprint density at radius 1 is 1.32 bits per heavy atom. The maximum absolute atomic E-state index is 12.3. The number of aryl methyl sites for hydroxylation is 1. The third kappa shape index (κ3) is 4.86. The van der Waals surface area contributed by atoms with Crippen LogP contribution in [0.2, 0.25) is 0 Å². The van der Waals surface area contributed by atoms with Gasteiger partial charge in [-0.25, -0.2) is 4.98 Å². The second kappa shape index (κ2) is 8.37. The molecular formula is C16H16F2N2O2S3. The highest BCUT2D eigenvalue weighted by atomic mass is 32.2. The molecule has 1 amide bonds. The molecule has 0 bridgehead atoms. The minimum absolute atomic E-state index is 0.0156. The number of nitrogens with one attached hydrogen (secondary N) is 1. The number of benzene rings is 1. The van der Waals surface area contributed by atoms with Crippen molar-refractivity contribution in [2.75, 3.05) is 22.6 Å². The number of alkyl halides is 2. The van der Waals surface area contributed by atoms with Crippen molar-refractivity contribution < 1.29 is 18.3 Å². The highest BCUT2D eigenvalue weighted by Gasteiger charge is 2.23. The number of thiazole rings is 1. The Labute approximate surface area is 156 Å². The van der Waals surface area contributed by atoms with Crippen molar-refractivity contribution in [3.63, 3.8) is 0 Å². The molecule has 1 N–H and O–H groups in total. The Hall–Kier alpha value is -1.32. The van der Waals surface area contributed by atoms with Gasteiger partial charge in [-0.05, 0) is 31.2 Å². The van der Waals surface area contributed by atoms with Gasteiger partial charge in [0.05, 0.1) is 10.9 Å². The van der Waals surface area contributed by atoms with Crippen LogP contribution in [0.1, 0.15) is 4.88 Å². The summed E-state index contributed by atoms with van der Waals surface area (Å²) in [6, 6.07) is 6.32. The summed E-state index contributed by atoms with van der Waals surface area (Å²) >= 11 is 4.87. The number of hydrogen-bond donors (Lipinski definition) is 1. The van der Waals surface area contributed by atoms with Crippen molar-refractivity contribution in [2.24, 2.45) is 0 Å². The van der Waals surface area contributed by atoms with Gasteiger partial charge in [-0.15, -0.1) is 23.1 Å². The molecule has 1 fully saturated rings. The normalized spacial score (nSPS) is 17.5. The van der Waals surface area contributed by atoms with Crippen LogP contribution in [-0.4, -0.2) is 40.0 Å². The standard InChI is InChI=1S/C16H16F2N2O2S3/c1-9-13(10-2-4-11(5-3-10)22-15(17)18)19-16(25-9)20-14(21)12-8-23-6-7-24-12/h2-5,12,15H,6-8H2,1H3,(H,19,20,21)/t12-/m1/s1. The number of halogens is 2. The smallest absolute Gasteiger partial charge is 0.387 e. The minimum atomic E-state index is -2.84. The molecular weight excluding hydrogens is 386 g/mol. The molecule has 1 aliphatic heterocycles. The zero-order chi connectivity index (χ0) is 17.8. The van der Waals surface area contributed by atoms with Crippen LogP contribution in [0.3, 0.4) is 0 Å². The maximum atomic E-state index is 12.3. The number of carbonyl (C=O) groups is 1. The van der Waals surface area contributed by atoms with Crippen molar-refractivity contribution in [1.29, 1.82) is 0 Å². The minimum Gasteiger partial charge on any atom is -0.435 e. The number of anilines is 1. The number of carbonyl (C=O) groups excluding carboxylic acids is 1. The molecule has 1 aromatic carbocycles. The number of nitrogens with zero attached hydrogens (tertiary/aromatic N) is 1. The van der Waals surface area contributed by atoms with Gasteiger partial charge < -0.3 is 10.1 Å². The van der Waals surface area contributed by atoms with Crippen LogP contribution >= 0.6 is 34.9 Å². The summed E-state index contributed by atoms with van der Waals surface area (Å²) in [6.07, 6.45) is 0. The third-order valence-electron chi connectivity index (χ3n) is 3.49. The van der Waals surface area contributed by atoms with Crippen LogP contribution in [0.15, 0.2) is 24.3 Å². The van der Waals surface area contributed by atoms with Crippen LogP contribution < -0.4 is 10.1 Å². The van der Waals surface area contributed by atoms with Crippen LogP contribution in [0.5, 0.6) is 5.75 Å². The summed E-state index contributed by atoms with van der Waals surface area (Å²) < 4.78 is 28.8. The Balaban J connectivity index is 1.70. The molecule has 3 rings (SSSR count). The first-order chi connectivity index (χ1) is 12.0. The van der Waals surface area contributed by atoms with E-state index in [1.54, 1.807) is 35.7 Å². The van der Waals surface area contributed by atoms with Gasteiger partial charge in [-0.1, -0.05) is 0 Å². The van der Waals surface area contributed by atoms with Crippen molar-refractivity contribution in [2.45, 2.75) is 18.8 Å². The molecule has 0 spiro atoms. The van der Waals surface area contributed by atoms with Crippen LogP contribution in [0, 0.1) is 6.92 Å². The molecule has 1 atom stereocenters. The molecule has 1 saturated heterocycles. The molecule has 4 nitrogen and oxygen atoms in total. The molecule has 0 saturated carbocycles. The number of aromatic nitrogens is 1. The summed E-state index contributed by atoms with van der Waals surface area (Å²) in [7, 11) is 0. The number of thioether (sulfide) groups is 2. The molecule has 0 unspecified atom stereocenters. The fraction of sp³-hybridized carbons (Fsp3) is 0.375. The van der Waals surface area contributed by atoms with Crippen molar-refractivity contribution >= 4 is 45.9 Å². The lowest BCUT2D eigenvalue weighted by atomic mass is 10.1. The van der Waals surface area contributed by atoms with Crippen molar-refractivity contribution in [3.05, 3.63) is 29.1 Å². The van der Waals surface area contributed by atoms with Gasteiger partial charge >= 0.3 is 6.61 Å². The van der Waals surface area contributed by atoms with E-state index in [1.807, 2.05) is 6.92 Å². The Bertz CT molecular complexity index is 731. The summed E-state index contributed by atoms with van der Waals surface area (Å²) in [5, 5.41) is 3.40. The average Bonchev–Trinajstić information content (AvgIpc) is 2.96. The van der Waals surface area contributed by atoms with E-state index in [-0.39, 0.29) is 16.9 Å². The molecule has 2 aromatic rings. The predicted molar refractivity (Wildman–Crippen MR) is 101 cm³/mol. The lowest BCUT2D eigenvalue weighted by molar-refractivity contribution is -0.115. The lowest BCUT2D eigenvalue weighted by Crippen LogP contribution is -2.30. The Morgan fingerprint density at radius 2 is 2.08 bits per heavy atom. The van der Waals surface area contributed by atoms with Crippen molar-refractivity contribution in [1.82, 2.24) is 4.98 Å². The summed E-state index contributed by atoms with van der Waals surface area (Å²) in [6.45, 7) is -0.929. The molecule has 0 radical (unpaired) electrons. The SMILES string of the molecule is Cc1sc(NC(=O)[C@H]2CSCCS2)nc1-c1ccc(OC(F)F)cc1. The number of ether oxygens (including phenoxy) is 1. The number of amides is 1. The van der Waals surface area contributed by atoms with Gasteiger partial charge in [0.2, 0.25) is 5.91 Å². The van der Waals surface area contributed by atoms with E-state index < -0.39 is 6.61 Å². The monoisotopic (exact) mass is 402 g/mol. The largest absolute Gasteiger partial charge is 0.435 e. The summed E-state index contributed by atoms with van der Waals surface area (Å²) in [4.78, 5) is 17.7. The first kappa shape index (κ1) is 18.5. The second-order valence-corrected chi connectivity index (χ2v) is 8.91. The van der Waals surface area contributed by atoms with Crippen LogP contribution in [0.4, 0.5) is 13.9 Å². The van der Waals surface area contributed by atoms with E-state index in [9.17, 15) is 13.6 Å². The third-order valence-corrected chi connectivity index (χ3v) is 7.13.